The maximum absolute atomic E-state index is 12.3. The molecule has 0 bridgehead atoms. The lowest BCUT2D eigenvalue weighted by Crippen LogP contribution is -2.36. The molecule has 2 N–H and O–H groups in total. The Morgan fingerprint density at radius 1 is 0.885 bits per heavy atom. The van der Waals surface area contributed by atoms with Gasteiger partial charge in [-0.15, -0.1) is 0 Å². The summed E-state index contributed by atoms with van der Waals surface area (Å²) in [7, 11) is 0. The fraction of sp³-hybridized carbons (Fsp3) is 0.391. The number of Topliss-reactive ketones (excluding diaryl/α,β-unsaturated/α-hetero) is 1. The fourth-order valence-corrected chi connectivity index (χ4v) is 2.47. The first-order chi connectivity index (χ1) is 12.4. The Kier molecular flexibility index (Phi) is 9.53. The maximum atomic E-state index is 12.3. The van der Waals surface area contributed by atoms with Crippen molar-refractivity contribution >= 4 is 11.6 Å². The van der Waals surface area contributed by atoms with Crippen molar-refractivity contribution < 1.29 is 9.59 Å². The van der Waals surface area contributed by atoms with Crippen molar-refractivity contribution in [2.45, 2.75) is 53.0 Å². The quantitative estimate of drug-likeness (QED) is 0.726. The maximum Gasteiger partial charge on any atom is 0.193 e. The van der Waals surface area contributed by atoms with E-state index in [1.165, 1.54) is 6.42 Å². The van der Waals surface area contributed by atoms with Gasteiger partial charge in [0.15, 0.2) is 11.6 Å². The average molecular weight is 354 g/mol. The van der Waals surface area contributed by atoms with E-state index in [1.54, 1.807) is 24.3 Å². The van der Waals surface area contributed by atoms with Gasteiger partial charge in [0.2, 0.25) is 0 Å². The molecule has 2 unspecified atom stereocenters. The molecule has 2 aromatic rings. The number of hydrogen-bond acceptors (Lipinski definition) is 3. The van der Waals surface area contributed by atoms with E-state index in [0.717, 1.165) is 12.0 Å². The fourth-order valence-electron chi connectivity index (χ4n) is 2.47. The van der Waals surface area contributed by atoms with E-state index >= 15 is 0 Å². The number of hydrogen-bond donors (Lipinski definition) is 1. The van der Waals surface area contributed by atoms with Crippen LogP contribution in [0.15, 0.2) is 54.6 Å². The zero-order valence-corrected chi connectivity index (χ0v) is 16.4. The Morgan fingerprint density at radius 3 is 1.88 bits per heavy atom. The van der Waals surface area contributed by atoms with Crippen molar-refractivity contribution in [2.24, 2.45) is 11.7 Å². The number of nitrogens with two attached hydrogens (primary N) is 1. The molecule has 140 valence electrons. The third-order valence-corrected chi connectivity index (χ3v) is 4.17. The van der Waals surface area contributed by atoms with Gasteiger partial charge in [-0.05, 0) is 18.4 Å². The van der Waals surface area contributed by atoms with Gasteiger partial charge in [0.05, 0.1) is 6.04 Å². The highest BCUT2D eigenvalue weighted by molar-refractivity contribution is 6.08. The average Bonchev–Trinajstić information content (AvgIpc) is 2.68. The van der Waals surface area contributed by atoms with Crippen molar-refractivity contribution in [1.29, 1.82) is 0 Å². The number of benzene rings is 2. The monoisotopic (exact) mass is 353 g/mol. The molecule has 2 rings (SSSR count). The predicted molar refractivity (Wildman–Crippen MR) is 108 cm³/mol. The number of ketones is 2. The minimum Gasteiger partial charge on any atom is -0.321 e. The number of carbonyl (C=O) groups is 2. The molecular formula is C23H31NO2. The van der Waals surface area contributed by atoms with Crippen molar-refractivity contribution in [3.63, 3.8) is 0 Å². The second-order valence-electron chi connectivity index (χ2n) is 6.62. The summed E-state index contributed by atoms with van der Waals surface area (Å²) in [6.07, 6.45) is 2.56. The highest BCUT2D eigenvalue weighted by Gasteiger charge is 2.19. The van der Waals surface area contributed by atoms with E-state index < -0.39 is 6.04 Å². The smallest absolute Gasteiger partial charge is 0.193 e. The van der Waals surface area contributed by atoms with Crippen LogP contribution in [-0.4, -0.2) is 17.6 Å². The third kappa shape index (κ3) is 6.57. The predicted octanol–water partition coefficient (Wildman–Crippen LogP) is 4.82. The summed E-state index contributed by atoms with van der Waals surface area (Å²) in [6.45, 7) is 8.14. The molecule has 0 heterocycles. The van der Waals surface area contributed by atoms with Crippen LogP contribution in [0.4, 0.5) is 0 Å². The van der Waals surface area contributed by atoms with Crippen LogP contribution in [0.25, 0.3) is 0 Å². The summed E-state index contributed by atoms with van der Waals surface area (Å²) >= 11 is 0. The highest BCUT2D eigenvalue weighted by Crippen LogP contribution is 2.13. The van der Waals surface area contributed by atoms with Gasteiger partial charge >= 0.3 is 0 Å². The van der Waals surface area contributed by atoms with Gasteiger partial charge in [0.1, 0.15) is 0 Å². The molecule has 3 nitrogen and oxygen atoms in total. The molecule has 0 spiro atoms. The molecule has 0 radical (unpaired) electrons. The molecule has 0 aliphatic rings. The molecule has 26 heavy (non-hydrogen) atoms. The molecule has 0 amide bonds. The molecule has 0 aliphatic carbocycles. The summed E-state index contributed by atoms with van der Waals surface area (Å²) in [5.74, 6) is 0.0815. The van der Waals surface area contributed by atoms with Gasteiger partial charge < -0.3 is 5.73 Å². The first-order valence-corrected chi connectivity index (χ1v) is 9.42. The molecule has 0 saturated heterocycles. The molecule has 3 heteroatoms. The van der Waals surface area contributed by atoms with Gasteiger partial charge in [-0.1, -0.05) is 88.7 Å². The van der Waals surface area contributed by atoms with Crippen molar-refractivity contribution in [3.05, 3.63) is 71.3 Å². The van der Waals surface area contributed by atoms with Crippen LogP contribution in [-0.2, 0) is 11.2 Å². The van der Waals surface area contributed by atoms with Crippen LogP contribution in [0.1, 0.15) is 62.0 Å². The van der Waals surface area contributed by atoms with E-state index in [-0.39, 0.29) is 17.5 Å². The SMILES string of the molecule is CCC.CCC(C)C(=O)C(N)Cc1ccc(C(=O)c2ccccc2)cc1. The first kappa shape index (κ1) is 21.8. The second kappa shape index (κ2) is 11.4. The van der Waals surface area contributed by atoms with Crippen LogP contribution < -0.4 is 5.73 Å². The summed E-state index contributed by atoms with van der Waals surface area (Å²) in [5.41, 5.74) is 8.28. The van der Waals surface area contributed by atoms with Crippen LogP contribution >= 0.6 is 0 Å². The summed E-state index contributed by atoms with van der Waals surface area (Å²) in [4.78, 5) is 24.4. The van der Waals surface area contributed by atoms with Crippen LogP contribution in [0, 0.1) is 5.92 Å². The molecule has 2 atom stereocenters. The molecule has 0 fully saturated rings. The zero-order valence-electron chi connectivity index (χ0n) is 16.4. The topological polar surface area (TPSA) is 60.2 Å². The Morgan fingerprint density at radius 2 is 1.38 bits per heavy atom. The molecule has 0 aliphatic heterocycles. The lowest BCUT2D eigenvalue weighted by atomic mass is 9.93. The van der Waals surface area contributed by atoms with E-state index in [4.69, 9.17) is 5.73 Å². The minimum atomic E-state index is -0.486. The van der Waals surface area contributed by atoms with Gasteiger partial charge in [-0.3, -0.25) is 9.59 Å². The van der Waals surface area contributed by atoms with Gasteiger partial charge in [0, 0.05) is 17.0 Å². The standard InChI is InChI=1S/C20H23NO2.C3H8/c1-3-14(2)19(22)18(21)13-15-9-11-17(12-10-15)20(23)16-7-5-4-6-8-16;1-3-2/h4-12,14,18H,3,13,21H2,1-2H3;3H2,1-2H3. The molecule has 0 saturated carbocycles. The van der Waals surface area contributed by atoms with E-state index in [1.807, 2.05) is 44.2 Å². The molecule has 2 aromatic carbocycles. The zero-order chi connectivity index (χ0) is 19.5. The van der Waals surface area contributed by atoms with Crippen LogP contribution in [0.5, 0.6) is 0 Å². The number of carbonyl (C=O) groups excluding carboxylic acids is 2. The Labute approximate surface area is 157 Å². The number of rotatable bonds is 7. The van der Waals surface area contributed by atoms with E-state index in [2.05, 4.69) is 13.8 Å². The summed E-state index contributed by atoms with van der Waals surface area (Å²) in [5, 5.41) is 0. The van der Waals surface area contributed by atoms with E-state index in [0.29, 0.717) is 17.5 Å². The van der Waals surface area contributed by atoms with Crippen molar-refractivity contribution in [1.82, 2.24) is 0 Å². The second-order valence-corrected chi connectivity index (χ2v) is 6.62. The van der Waals surface area contributed by atoms with Crippen LogP contribution in [0.2, 0.25) is 0 Å². The van der Waals surface area contributed by atoms with Gasteiger partial charge in [-0.2, -0.15) is 0 Å². The van der Waals surface area contributed by atoms with E-state index in [9.17, 15) is 9.59 Å². The normalized spacial score (nSPS) is 12.5. The van der Waals surface area contributed by atoms with Gasteiger partial charge in [-0.25, -0.2) is 0 Å². The highest BCUT2D eigenvalue weighted by atomic mass is 16.1. The Balaban J connectivity index is 0.00000105. The van der Waals surface area contributed by atoms with Crippen LogP contribution in [0.3, 0.4) is 0 Å². The first-order valence-electron chi connectivity index (χ1n) is 9.42. The lowest BCUT2D eigenvalue weighted by Gasteiger charge is -2.15. The molecule has 0 aromatic heterocycles. The lowest BCUT2D eigenvalue weighted by molar-refractivity contribution is -0.123. The minimum absolute atomic E-state index is 0.00266. The summed E-state index contributed by atoms with van der Waals surface area (Å²) < 4.78 is 0. The Hall–Kier alpha value is -2.26. The van der Waals surface area contributed by atoms with Gasteiger partial charge in [0.25, 0.3) is 0 Å². The summed E-state index contributed by atoms with van der Waals surface area (Å²) in [6, 6.07) is 16.0. The van der Waals surface area contributed by atoms with Crippen molar-refractivity contribution in [2.75, 3.05) is 0 Å². The third-order valence-electron chi connectivity index (χ3n) is 4.17. The molecular weight excluding hydrogens is 322 g/mol. The van der Waals surface area contributed by atoms with Crippen molar-refractivity contribution in [3.8, 4) is 0 Å². The Bertz CT molecular complexity index is 677. The largest absolute Gasteiger partial charge is 0.321 e.